The number of hydrogen-bond acceptors (Lipinski definition) is 5. The van der Waals surface area contributed by atoms with E-state index in [1.165, 1.54) is 0 Å². The first-order valence-electron chi connectivity index (χ1n) is 10.6. The molecule has 2 N–H and O–H groups in total. The van der Waals surface area contributed by atoms with Crippen LogP contribution in [0.2, 0.25) is 0 Å². The van der Waals surface area contributed by atoms with Gasteiger partial charge >= 0.3 is 0 Å². The van der Waals surface area contributed by atoms with Crippen molar-refractivity contribution in [1.82, 2.24) is 15.3 Å². The van der Waals surface area contributed by atoms with E-state index in [4.69, 9.17) is 4.74 Å². The number of benzene rings is 2. The summed E-state index contributed by atoms with van der Waals surface area (Å²) in [5.41, 5.74) is 2.94. The summed E-state index contributed by atoms with van der Waals surface area (Å²) in [5.74, 6) is 7.33. The Kier molecular flexibility index (Phi) is 6.63. The fourth-order valence-electron chi connectivity index (χ4n) is 3.37. The summed E-state index contributed by atoms with van der Waals surface area (Å²) in [5, 5.41) is 8.03. The van der Waals surface area contributed by atoms with Crippen molar-refractivity contribution in [1.29, 1.82) is 0 Å². The maximum atomic E-state index is 12.3. The van der Waals surface area contributed by atoms with Crippen molar-refractivity contribution in [3.05, 3.63) is 84.3 Å². The summed E-state index contributed by atoms with van der Waals surface area (Å²) in [6, 6.07) is 19.3. The van der Waals surface area contributed by atoms with Gasteiger partial charge in [-0.25, -0.2) is 4.98 Å². The predicted molar refractivity (Wildman–Crippen MR) is 131 cm³/mol. The quantitative estimate of drug-likeness (QED) is 0.458. The summed E-state index contributed by atoms with van der Waals surface area (Å²) in [6.07, 6.45) is 3.39. The van der Waals surface area contributed by atoms with Crippen LogP contribution in [0.25, 0.3) is 21.9 Å². The van der Waals surface area contributed by atoms with Crippen LogP contribution < -0.4 is 15.4 Å². The number of fused-ring (bicyclic) bond motifs is 1. The summed E-state index contributed by atoms with van der Waals surface area (Å²) < 4.78 is 5.51. The van der Waals surface area contributed by atoms with Gasteiger partial charge in [0.1, 0.15) is 17.3 Å². The van der Waals surface area contributed by atoms with Crippen LogP contribution in [-0.2, 0) is 4.79 Å². The van der Waals surface area contributed by atoms with Crippen molar-refractivity contribution in [2.75, 3.05) is 19.5 Å². The van der Waals surface area contributed by atoms with Gasteiger partial charge in [0, 0.05) is 29.1 Å². The highest BCUT2D eigenvalue weighted by atomic mass is 16.5. The zero-order chi connectivity index (χ0) is 23.2. The number of methoxy groups -OCH3 is 1. The molecule has 0 aliphatic rings. The fraction of sp³-hybridized carbons (Fsp3) is 0.148. The molecule has 4 aromatic rings. The summed E-state index contributed by atoms with van der Waals surface area (Å²) >= 11 is 0. The Balaban J connectivity index is 1.78. The minimum Gasteiger partial charge on any atom is -0.496 e. The minimum atomic E-state index is -0.350. The Labute approximate surface area is 193 Å². The predicted octanol–water partition coefficient (Wildman–Crippen LogP) is 4.25. The van der Waals surface area contributed by atoms with Gasteiger partial charge in [-0.1, -0.05) is 36.3 Å². The molecule has 0 fully saturated rings. The van der Waals surface area contributed by atoms with Crippen molar-refractivity contribution < 1.29 is 9.53 Å². The first kappa shape index (κ1) is 22.0. The van der Waals surface area contributed by atoms with Gasteiger partial charge < -0.3 is 15.4 Å². The van der Waals surface area contributed by atoms with Crippen molar-refractivity contribution in [3.63, 3.8) is 0 Å². The molecule has 6 nitrogen and oxygen atoms in total. The standard InChI is InChI=1S/C27H24N4O2/c1-18(28-2)27(32)31-26-13-11-22(23-17-29-15-14-25(23)33-3)24(30-26)12-9-19-8-10-20-6-4-5-7-21(20)16-19/h4-8,10-11,13-18,28H,1-3H3,(H,30,31,32). The molecule has 1 atom stereocenters. The molecule has 0 saturated carbocycles. The third-order valence-electron chi connectivity index (χ3n) is 5.34. The van der Waals surface area contributed by atoms with Crippen molar-refractivity contribution in [2.24, 2.45) is 0 Å². The molecule has 1 unspecified atom stereocenters. The van der Waals surface area contributed by atoms with Crippen LogP contribution in [0.4, 0.5) is 5.82 Å². The van der Waals surface area contributed by atoms with Crippen LogP contribution in [-0.4, -0.2) is 36.1 Å². The average Bonchev–Trinajstić information content (AvgIpc) is 2.86. The first-order valence-corrected chi connectivity index (χ1v) is 10.6. The number of ether oxygens (including phenoxy) is 1. The molecular formula is C27H24N4O2. The molecule has 2 aromatic carbocycles. The summed E-state index contributed by atoms with van der Waals surface area (Å²) in [6.45, 7) is 1.78. The van der Waals surface area contributed by atoms with Crippen molar-refractivity contribution >= 4 is 22.5 Å². The number of aromatic nitrogens is 2. The lowest BCUT2D eigenvalue weighted by molar-refractivity contribution is -0.117. The van der Waals surface area contributed by atoms with Gasteiger partial charge in [0.05, 0.1) is 13.2 Å². The summed E-state index contributed by atoms with van der Waals surface area (Å²) in [7, 11) is 3.34. The van der Waals surface area contributed by atoms with Crippen LogP contribution >= 0.6 is 0 Å². The molecule has 6 heteroatoms. The number of hydrogen-bond donors (Lipinski definition) is 2. The van der Waals surface area contributed by atoms with Gasteiger partial charge in [0.25, 0.3) is 0 Å². The molecular weight excluding hydrogens is 412 g/mol. The second-order valence-electron chi connectivity index (χ2n) is 7.48. The number of anilines is 1. The van der Waals surface area contributed by atoms with Gasteiger partial charge in [0.15, 0.2) is 0 Å². The topological polar surface area (TPSA) is 76.1 Å². The number of pyridine rings is 2. The lowest BCUT2D eigenvalue weighted by Gasteiger charge is -2.13. The monoisotopic (exact) mass is 436 g/mol. The highest BCUT2D eigenvalue weighted by Crippen LogP contribution is 2.31. The van der Waals surface area contributed by atoms with E-state index in [-0.39, 0.29) is 11.9 Å². The Morgan fingerprint density at radius 1 is 1.00 bits per heavy atom. The lowest BCUT2D eigenvalue weighted by Crippen LogP contribution is -2.35. The Hall–Kier alpha value is -4.21. The van der Waals surface area contributed by atoms with Gasteiger partial charge in [0.2, 0.25) is 5.91 Å². The fourth-order valence-corrected chi connectivity index (χ4v) is 3.37. The number of amides is 1. The van der Waals surface area contributed by atoms with Crippen molar-refractivity contribution in [3.8, 4) is 28.7 Å². The van der Waals surface area contributed by atoms with Crippen LogP contribution in [0, 0.1) is 11.8 Å². The second-order valence-corrected chi connectivity index (χ2v) is 7.48. The molecule has 0 spiro atoms. The third-order valence-corrected chi connectivity index (χ3v) is 5.34. The zero-order valence-corrected chi connectivity index (χ0v) is 18.7. The Morgan fingerprint density at radius 2 is 1.82 bits per heavy atom. The number of likely N-dealkylation sites (N-methyl/N-ethyl adjacent to an activating group) is 1. The highest BCUT2D eigenvalue weighted by Gasteiger charge is 2.15. The largest absolute Gasteiger partial charge is 0.496 e. The first-order chi connectivity index (χ1) is 16.1. The molecule has 2 aromatic heterocycles. The van der Waals surface area contributed by atoms with Gasteiger partial charge in [-0.3, -0.25) is 9.78 Å². The van der Waals surface area contributed by atoms with Crippen LogP contribution in [0.3, 0.4) is 0 Å². The normalized spacial score (nSPS) is 11.4. The van der Waals surface area contributed by atoms with E-state index in [1.54, 1.807) is 45.6 Å². The second kappa shape index (κ2) is 9.94. The number of nitrogens with zero attached hydrogens (tertiary/aromatic N) is 2. The van der Waals surface area contributed by atoms with E-state index in [2.05, 4.69) is 44.6 Å². The maximum Gasteiger partial charge on any atom is 0.242 e. The number of rotatable bonds is 5. The molecule has 1 amide bonds. The van der Waals surface area contributed by atoms with E-state index in [0.29, 0.717) is 17.3 Å². The number of carbonyl (C=O) groups excluding carboxylic acids is 1. The Bertz CT molecular complexity index is 1370. The molecule has 2 heterocycles. The number of nitrogens with one attached hydrogen (secondary N) is 2. The zero-order valence-electron chi connectivity index (χ0n) is 18.7. The summed E-state index contributed by atoms with van der Waals surface area (Å²) in [4.78, 5) is 21.2. The average molecular weight is 437 g/mol. The smallest absolute Gasteiger partial charge is 0.242 e. The van der Waals surface area contributed by atoms with E-state index >= 15 is 0 Å². The molecule has 164 valence electrons. The maximum absolute atomic E-state index is 12.3. The van der Waals surface area contributed by atoms with Crippen LogP contribution in [0.1, 0.15) is 18.2 Å². The highest BCUT2D eigenvalue weighted by molar-refractivity contribution is 5.94. The van der Waals surface area contributed by atoms with Crippen LogP contribution in [0.15, 0.2) is 73.1 Å². The van der Waals surface area contributed by atoms with E-state index < -0.39 is 0 Å². The van der Waals surface area contributed by atoms with E-state index in [0.717, 1.165) is 27.5 Å². The van der Waals surface area contributed by atoms with E-state index in [1.807, 2.05) is 36.4 Å². The number of carbonyl (C=O) groups is 1. The van der Waals surface area contributed by atoms with Crippen LogP contribution in [0.5, 0.6) is 5.75 Å². The molecule has 0 bridgehead atoms. The molecule has 0 radical (unpaired) electrons. The van der Waals surface area contributed by atoms with Crippen molar-refractivity contribution in [2.45, 2.75) is 13.0 Å². The molecule has 33 heavy (non-hydrogen) atoms. The molecule has 0 saturated heterocycles. The Morgan fingerprint density at radius 3 is 2.61 bits per heavy atom. The minimum absolute atomic E-state index is 0.176. The molecule has 4 rings (SSSR count). The van der Waals surface area contributed by atoms with Gasteiger partial charge in [-0.05, 0) is 61.0 Å². The third kappa shape index (κ3) is 5.00. The van der Waals surface area contributed by atoms with Gasteiger partial charge in [-0.15, -0.1) is 0 Å². The molecule has 0 aliphatic carbocycles. The lowest BCUT2D eigenvalue weighted by atomic mass is 10.0. The van der Waals surface area contributed by atoms with E-state index in [9.17, 15) is 4.79 Å². The molecule has 0 aliphatic heterocycles. The van der Waals surface area contributed by atoms with Gasteiger partial charge in [-0.2, -0.15) is 0 Å². The SMILES string of the molecule is CNC(C)C(=O)Nc1ccc(-c2cnccc2OC)c(C#Cc2ccc3ccccc3c2)n1.